The molecule has 4 heteroatoms. The van der Waals surface area contributed by atoms with Gasteiger partial charge in [-0.1, -0.05) is 54.6 Å². The van der Waals surface area contributed by atoms with Crippen molar-refractivity contribution in [1.82, 2.24) is 0 Å². The lowest BCUT2D eigenvalue weighted by atomic mass is 9.67. The van der Waals surface area contributed by atoms with E-state index in [9.17, 15) is 9.90 Å². The largest absolute Gasteiger partial charge is 0.478 e. The predicted octanol–water partition coefficient (Wildman–Crippen LogP) is 4.91. The molecule has 5 N–H and O–H groups in total. The number of hydrogen-bond acceptors (Lipinski definition) is 3. The zero-order chi connectivity index (χ0) is 20.9. The molecule has 0 saturated heterocycles. The van der Waals surface area contributed by atoms with E-state index in [0.717, 1.165) is 33.4 Å². The van der Waals surface area contributed by atoms with Crippen LogP contribution in [-0.2, 0) is 5.41 Å². The third kappa shape index (κ3) is 2.44. The number of carbonyl (C=O) groups is 1. The molecule has 0 bridgehead atoms. The molecular formula is C26H20N2O2. The summed E-state index contributed by atoms with van der Waals surface area (Å²) in [5.74, 6) is -0.937. The van der Waals surface area contributed by atoms with Crippen molar-refractivity contribution < 1.29 is 9.90 Å². The highest BCUT2D eigenvalue weighted by Gasteiger charge is 2.46. The summed E-state index contributed by atoms with van der Waals surface area (Å²) >= 11 is 0. The minimum Gasteiger partial charge on any atom is -0.478 e. The van der Waals surface area contributed by atoms with Gasteiger partial charge in [0.15, 0.2) is 0 Å². The van der Waals surface area contributed by atoms with Gasteiger partial charge in [0.25, 0.3) is 0 Å². The van der Waals surface area contributed by atoms with Crippen LogP contribution in [0.4, 0.5) is 11.4 Å². The van der Waals surface area contributed by atoms with Crippen molar-refractivity contribution in [3.63, 3.8) is 0 Å². The first-order valence-corrected chi connectivity index (χ1v) is 9.71. The van der Waals surface area contributed by atoms with E-state index in [4.69, 9.17) is 11.5 Å². The molecule has 0 saturated carbocycles. The zero-order valence-electron chi connectivity index (χ0n) is 16.2. The maximum atomic E-state index is 11.7. The Kier molecular flexibility index (Phi) is 3.90. The summed E-state index contributed by atoms with van der Waals surface area (Å²) in [7, 11) is 0. The molecule has 0 aromatic heterocycles. The number of rotatable bonds is 3. The molecule has 0 amide bonds. The molecular weight excluding hydrogens is 372 g/mol. The Morgan fingerprint density at radius 2 is 1.20 bits per heavy atom. The summed E-state index contributed by atoms with van der Waals surface area (Å²) in [6.45, 7) is 0. The van der Waals surface area contributed by atoms with Crippen LogP contribution in [0.2, 0.25) is 0 Å². The Labute approximate surface area is 174 Å². The number of hydrogen-bond donors (Lipinski definition) is 3. The van der Waals surface area contributed by atoms with Crippen molar-refractivity contribution in [2.75, 3.05) is 11.5 Å². The van der Waals surface area contributed by atoms with E-state index in [1.165, 1.54) is 0 Å². The van der Waals surface area contributed by atoms with Crippen molar-refractivity contribution >= 4 is 17.3 Å². The molecule has 0 radical (unpaired) electrons. The molecule has 146 valence electrons. The van der Waals surface area contributed by atoms with Gasteiger partial charge in [0.1, 0.15) is 0 Å². The van der Waals surface area contributed by atoms with Crippen LogP contribution in [0.1, 0.15) is 32.6 Å². The molecule has 0 aliphatic heterocycles. The average molecular weight is 392 g/mol. The highest BCUT2D eigenvalue weighted by Crippen LogP contribution is 2.56. The van der Waals surface area contributed by atoms with E-state index >= 15 is 0 Å². The van der Waals surface area contributed by atoms with Crippen molar-refractivity contribution in [2.45, 2.75) is 5.41 Å². The molecule has 4 aromatic rings. The zero-order valence-corrected chi connectivity index (χ0v) is 16.2. The first-order valence-electron chi connectivity index (χ1n) is 9.71. The molecule has 0 spiro atoms. The maximum Gasteiger partial charge on any atom is 0.335 e. The van der Waals surface area contributed by atoms with Gasteiger partial charge in [-0.2, -0.15) is 0 Å². The van der Waals surface area contributed by atoms with Crippen molar-refractivity contribution in [3.8, 4) is 11.1 Å². The molecule has 4 aromatic carbocycles. The molecule has 4 nitrogen and oxygen atoms in total. The van der Waals surface area contributed by atoms with Gasteiger partial charge in [-0.3, -0.25) is 0 Å². The molecule has 5 rings (SSSR count). The van der Waals surface area contributed by atoms with E-state index in [0.29, 0.717) is 11.4 Å². The summed E-state index contributed by atoms with van der Waals surface area (Å²) in [6, 6.07) is 29.3. The molecule has 1 aliphatic rings. The maximum absolute atomic E-state index is 11.7. The minimum atomic E-state index is -0.937. The molecule has 1 aliphatic carbocycles. The average Bonchev–Trinajstić information content (AvgIpc) is 3.06. The Morgan fingerprint density at radius 3 is 1.77 bits per heavy atom. The predicted molar refractivity (Wildman–Crippen MR) is 120 cm³/mol. The standard InChI is InChI=1S/C26H20N2O2/c27-19-10-6-17(7-11-19)26(18-8-12-20(28)13-9-18)23-4-2-1-3-21(23)22-15-16(25(29)30)5-14-24(22)26/h1-15H,27-28H2,(H,29,30). The SMILES string of the molecule is Nc1ccc(C2(c3ccc(N)cc3)c3ccccc3-c3cc(C(=O)O)ccc32)cc1. The first-order chi connectivity index (χ1) is 14.5. The second-order valence-corrected chi connectivity index (χ2v) is 7.61. The number of nitrogen functional groups attached to an aromatic ring is 2. The molecule has 0 heterocycles. The molecule has 0 fully saturated rings. The Morgan fingerprint density at radius 1 is 0.667 bits per heavy atom. The smallest absolute Gasteiger partial charge is 0.335 e. The van der Waals surface area contributed by atoms with Crippen LogP contribution >= 0.6 is 0 Å². The number of fused-ring (bicyclic) bond motifs is 3. The number of carboxylic acids is 1. The van der Waals surface area contributed by atoms with E-state index in [1.54, 1.807) is 12.1 Å². The summed E-state index contributed by atoms with van der Waals surface area (Å²) in [5.41, 5.74) is 19.3. The van der Waals surface area contributed by atoms with Crippen LogP contribution in [0.5, 0.6) is 0 Å². The summed E-state index contributed by atoms with van der Waals surface area (Å²) < 4.78 is 0. The van der Waals surface area contributed by atoms with Gasteiger partial charge >= 0.3 is 5.97 Å². The van der Waals surface area contributed by atoms with Crippen molar-refractivity contribution in [2.24, 2.45) is 0 Å². The number of aromatic carboxylic acids is 1. The number of anilines is 2. The van der Waals surface area contributed by atoms with Gasteiger partial charge in [-0.25, -0.2) is 4.79 Å². The van der Waals surface area contributed by atoms with E-state index in [1.807, 2.05) is 66.7 Å². The quantitative estimate of drug-likeness (QED) is 0.381. The van der Waals surface area contributed by atoms with Gasteiger partial charge in [-0.15, -0.1) is 0 Å². The Hall–Kier alpha value is -4.05. The third-order valence-corrected chi connectivity index (χ3v) is 5.98. The number of benzene rings is 4. The molecule has 0 atom stereocenters. The minimum absolute atomic E-state index is 0.272. The summed E-state index contributed by atoms with van der Waals surface area (Å²) in [5, 5.41) is 9.56. The van der Waals surface area contributed by atoms with Crippen LogP contribution < -0.4 is 11.5 Å². The highest BCUT2D eigenvalue weighted by molar-refractivity contribution is 5.93. The lowest BCUT2D eigenvalue weighted by molar-refractivity contribution is 0.0697. The lowest BCUT2D eigenvalue weighted by Crippen LogP contribution is -2.28. The fraction of sp³-hybridized carbons (Fsp3) is 0.0385. The van der Waals surface area contributed by atoms with Crippen molar-refractivity contribution in [3.05, 3.63) is 119 Å². The van der Waals surface area contributed by atoms with Crippen molar-refractivity contribution in [1.29, 1.82) is 0 Å². The van der Waals surface area contributed by atoms with E-state index in [2.05, 4.69) is 12.1 Å². The summed E-state index contributed by atoms with van der Waals surface area (Å²) in [4.78, 5) is 11.7. The molecule has 30 heavy (non-hydrogen) atoms. The topological polar surface area (TPSA) is 89.3 Å². The Bertz CT molecular complexity index is 1230. The summed E-state index contributed by atoms with van der Waals surface area (Å²) in [6.07, 6.45) is 0. The lowest BCUT2D eigenvalue weighted by Gasteiger charge is -2.34. The third-order valence-electron chi connectivity index (χ3n) is 5.98. The Balaban J connectivity index is 1.93. The van der Waals surface area contributed by atoms with Crippen LogP contribution in [0.3, 0.4) is 0 Å². The van der Waals surface area contributed by atoms with Crippen LogP contribution in [0.25, 0.3) is 11.1 Å². The number of nitrogens with two attached hydrogens (primary N) is 2. The van der Waals surface area contributed by atoms with Gasteiger partial charge in [0.05, 0.1) is 11.0 Å². The highest BCUT2D eigenvalue weighted by atomic mass is 16.4. The number of carboxylic acid groups (broad SMARTS) is 1. The fourth-order valence-corrected chi connectivity index (χ4v) is 4.67. The van der Waals surface area contributed by atoms with Crippen LogP contribution in [0, 0.1) is 0 Å². The van der Waals surface area contributed by atoms with E-state index < -0.39 is 11.4 Å². The van der Waals surface area contributed by atoms with Gasteiger partial charge in [0.2, 0.25) is 0 Å². The fourth-order valence-electron chi connectivity index (χ4n) is 4.67. The van der Waals surface area contributed by atoms with Gasteiger partial charge in [-0.05, 0) is 69.8 Å². The van der Waals surface area contributed by atoms with E-state index in [-0.39, 0.29) is 5.56 Å². The monoisotopic (exact) mass is 392 g/mol. The van der Waals surface area contributed by atoms with Gasteiger partial charge < -0.3 is 16.6 Å². The second-order valence-electron chi connectivity index (χ2n) is 7.61. The van der Waals surface area contributed by atoms with Crippen LogP contribution in [-0.4, -0.2) is 11.1 Å². The second kappa shape index (κ2) is 6.49. The molecule has 0 unspecified atom stereocenters. The normalized spacial score (nSPS) is 13.5. The van der Waals surface area contributed by atoms with Gasteiger partial charge in [0, 0.05) is 11.4 Å². The first kappa shape index (κ1) is 18.0. The van der Waals surface area contributed by atoms with Crippen LogP contribution in [0.15, 0.2) is 91.0 Å².